The molecule has 0 fully saturated rings. The Morgan fingerprint density at radius 2 is 2.05 bits per heavy atom. The first-order chi connectivity index (χ1) is 9.31. The maximum absolute atomic E-state index is 12.6. The van der Waals surface area contributed by atoms with E-state index in [4.69, 9.17) is 5.73 Å². The molecule has 108 valence electrons. The molecular weight excluding hydrogens is 276 g/mol. The van der Waals surface area contributed by atoms with Crippen molar-refractivity contribution in [3.63, 3.8) is 0 Å². The summed E-state index contributed by atoms with van der Waals surface area (Å²) in [6, 6.07) is 0. The average Bonchev–Trinajstić information content (AvgIpc) is 2.59. The van der Waals surface area contributed by atoms with E-state index in [1.165, 1.54) is 15.9 Å². The van der Waals surface area contributed by atoms with E-state index < -0.39 is 5.91 Å². The summed E-state index contributed by atoms with van der Waals surface area (Å²) in [5, 5.41) is 0.594. The van der Waals surface area contributed by atoms with Crippen molar-refractivity contribution >= 4 is 27.5 Å². The van der Waals surface area contributed by atoms with E-state index in [0.717, 1.165) is 15.3 Å². The van der Waals surface area contributed by atoms with E-state index in [1.807, 2.05) is 32.8 Å². The Kier molecular flexibility index (Phi) is 3.92. The maximum Gasteiger partial charge on any atom is 0.263 e. The van der Waals surface area contributed by atoms with Crippen LogP contribution in [-0.4, -0.2) is 34.5 Å². The van der Waals surface area contributed by atoms with Gasteiger partial charge in [0.2, 0.25) is 5.91 Å². The third kappa shape index (κ3) is 2.59. The summed E-state index contributed by atoms with van der Waals surface area (Å²) >= 11 is 1.50. The van der Waals surface area contributed by atoms with Crippen LogP contribution in [-0.2, 0) is 17.9 Å². The topological polar surface area (TPSA) is 81.2 Å². The van der Waals surface area contributed by atoms with Crippen molar-refractivity contribution < 1.29 is 4.79 Å². The number of primary amides is 1. The summed E-state index contributed by atoms with van der Waals surface area (Å²) in [6.45, 7) is 4.20. The van der Waals surface area contributed by atoms with Gasteiger partial charge in [0.25, 0.3) is 5.56 Å². The van der Waals surface area contributed by atoms with Gasteiger partial charge in [-0.1, -0.05) is 0 Å². The van der Waals surface area contributed by atoms with Crippen molar-refractivity contribution in [3.8, 4) is 0 Å². The van der Waals surface area contributed by atoms with Crippen molar-refractivity contribution in [1.82, 2.24) is 14.5 Å². The molecule has 1 amide bonds. The first-order valence-corrected chi connectivity index (χ1v) is 7.05. The third-order valence-corrected chi connectivity index (χ3v) is 4.24. The van der Waals surface area contributed by atoms with Gasteiger partial charge in [-0.25, -0.2) is 4.98 Å². The van der Waals surface area contributed by atoms with Gasteiger partial charge in [-0.05, 0) is 33.5 Å². The summed E-state index contributed by atoms with van der Waals surface area (Å²) in [5.74, 6) is 0.0189. The Bertz CT molecular complexity index is 730. The zero-order valence-electron chi connectivity index (χ0n) is 12.1. The van der Waals surface area contributed by atoms with Crippen LogP contribution < -0.4 is 11.3 Å². The molecule has 0 unspecified atom stereocenters. The van der Waals surface area contributed by atoms with E-state index in [-0.39, 0.29) is 12.1 Å². The molecule has 2 aromatic heterocycles. The van der Waals surface area contributed by atoms with Crippen LogP contribution in [0.15, 0.2) is 4.79 Å². The van der Waals surface area contributed by atoms with Crippen LogP contribution >= 0.6 is 11.3 Å². The molecule has 7 heteroatoms. The number of hydrogen-bond donors (Lipinski definition) is 1. The molecule has 2 aromatic rings. The van der Waals surface area contributed by atoms with Crippen molar-refractivity contribution in [1.29, 1.82) is 0 Å². The van der Waals surface area contributed by atoms with Crippen LogP contribution in [0, 0.1) is 13.8 Å². The van der Waals surface area contributed by atoms with Crippen LogP contribution in [0.5, 0.6) is 0 Å². The van der Waals surface area contributed by atoms with Gasteiger partial charge in [0.1, 0.15) is 17.2 Å². The van der Waals surface area contributed by atoms with E-state index in [1.54, 1.807) is 0 Å². The summed E-state index contributed by atoms with van der Waals surface area (Å²) < 4.78 is 1.38. The molecule has 0 aliphatic rings. The number of carbonyl (C=O) groups excluding carboxylic acids is 1. The lowest BCUT2D eigenvalue weighted by atomic mass is 10.2. The number of hydrogen-bond acceptors (Lipinski definition) is 5. The summed E-state index contributed by atoms with van der Waals surface area (Å²) in [4.78, 5) is 32.0. The molecule has 0 spiro atoms. The largest absolute Gasteiger partial charge is 0.368 e. The van der Waals surface area contributed by atoms with E-state index in [0.29, 0.717) is 17.8 Å². The number of thiophene rings is 1. The molecule has 6 nitrogen and oxygen atoms in total. The van der Waals surface area contributed by atoms with Gasteiger partial charge >= 0.3 is 0 Å². The summed E-state index contributed by atoms with van der Waals surface area (Å²) in [6.07, 6.45) is 0. The Morgan fingerprint density at radius 3 is 2.60 bits per heavy atom. The first kappa shape index (κ1) is 14.7. The van der Waals surface area contributed by atoms with Gasteiger partial charge < -0.3 is 10.6 Å². The molecule has 0 bridgehead atoms. The molecule has 0 radical (unpaired) electrons. The minimum Gasteiger partial charge on any atom is -0.368 e. The van der Waals surface area contributed by atoms with Crippen LogP contribution in [0.2, 0.25) is 0 Å². The molecular formula is C13H18N4O2S. The molecule has 0 saturated heterocycles. The van der Waals surface area contributed by atoms with Gasteiger partial charge in [0.05, 0.1) is 11.9 Å². The number of fused-ring (bicyclic) bond motifs is 1. The van der Waals surface area contributed by atoms with Crippen LogP contribution in [0.25, 0.3) is 10.2 Å². The minimum absolute atomic E-state index is 0.140. The first-order valence-electron chi connectivity index (χ1n) is 6.23. The Balaban J connectivity index is 2.76. The standard InChI is InChI=1S/C13H18N4O2S/c1-7-8(2)20-12-11(7)13(19)17(5-9(14)18)10(15-12)6-16(3)4/h5-6H2,1-4H3,(H2,14,18). The monoisotopic (exact) mass is 294 g/mol. The lowest BCUT2D eigenvalue weighted by molar-refractivity contribution is -0.118. The Morgan fingerprint density at radius 1 is 1.40 bits per heavy atom. The molecule has 2 N–H and O–H groups in total. The maximum atomic E-state index is 12.6. The number of nitrogens with two attached hydrogens (primary N) is 1. The van der Waals surface area contributed by atoms with Crippen LogP contribution in [0.4, 0.5) is 0 Å². The summed E-state index contributed by atoms with van der Waals surface area (Å²) in [7, 11) is 3.77. The van der Waals surface area contributed by atoms with Gasteiger partial charge in [-0.15, -0.1) is 11.3 Å². The zero-order chi connectivity index (χ0) is 15.0. The molecule has 0 atom stereocenters. The Hall–Kier alpha value is -1.73. The average molecular weight is 294 g/mol. The lowest BCUT2D eigenvalue weighted by Crippen LogP contribution is -2.33. The van der Waals surface area contributed by atoms with Gasteiger partial charge in [-0.3, -0.25) is 14.2 Å². The normalized spacial score (nSPS) is 11.4. The predicted molar refractivity (Wildman–Crippen MR) is 79.9 cm³/mol. The highest BCUT2D eigenvalue weighted by Gasteiger charge is 2.17. The highest BCUT2D eigenvalue weighted by atomic mass is 32.1. The number of rotatable bonds is 4. The van der Waals surface area contributed by atoms with E-state index in [2.05, 4.69) is 4.98 Å². The van der Waals surface area contributed by atoms with Crippen molar-refractivity contribution in [2.45, 2.75) is 26.9 Å². The number of carbonyl (C=O) groups is 1. The molecule has 20 heavy (non-hydrogen) atoms. The lowest BCUT2D eigenvalue weighted by Gasteiger charge is -2.14. The zero-order valence-corrected chi connectivity index (χ0v) is 12.9. The quantitative estimate of drug-likeness (QED) is 0.896. The molecule has 0 saturated carbocycles. The molecule has 2 heterocycles. The Labute approximate surface area is 120 Å². The fourth-order valence-corrected chi connectivity index (χ4v) is 3.13. The number of aryl methyl sites for hydroxylation is 2. The fourth-order valence-electron chi connectivity index (χ4n) is 2.09. The van der Waals surface area contributed by atoms with Gasteiger partial charge in [0, 0.05) is 4.88 Å². The van der Waals surface area contributed by atoms with Gasteiger partial charge in [-0.2, -0.15) is 0 Å². The summed E-state index contributed by atoms with van der Waals surface area (Å²) in [5.41, 5.74) is 5.98. The van der Waals surface area contributed by atoms with Crippen molar-refractivity contribution in [3.05, 3.63) is 26.6 Å². The molecule has 0 aliphatic heterocycles. The predicted octanol–water partition coefficient (Wildman–Crippen LogP) is 0.622. The SMILES string of the molecule is Cc1sc2nc(CN(C)C)n(CC(N)=O)c(=O)c2c1C. The third-order valence-electron chi connectivity index (χ3n) is 3.14. The number of amides is 1. The smallest absolute Gasteiger partial charge is 0.263 e. The van der Waals surface area contributed by atoms with Crippen LogP contribution in [0.1, 0.15) is 16.3 Å². The second-order valence-corrected chi connectivity index (χ2v) is 6.29. The number of aromatic nitrogens is 2. The molecule has 2 rings (SSSR count). The second kappa shape index (κ2) is 5.34. The number of nitrogens with zero attached hydrogens (tertiary/aromatic N) is 3. The van der Waals surface area contributed by atoms with Crippen LogP contribution in [0.3, 0.4) is 0 Å². The van der Waals surface area contributed by atoms with E-state index in [9.17, 15) is 9.59 Å². The van der Waals surface area contributed by atoms with Crippen molar-refractivity contribution in [2.75, 3.05) is 14.1 Å². The van der Waals surface area contributed by atoms with Gasteiger partial charge in [0.15, 0.2) is 0 Å². The highest BCUT2D eigenvalue weighted by Crippen LogP contribution is 2.26. The highest BCUT2D eigenvalue weighted by molar-refractivity contribution is 7.18. The second-order valence-electron chi connectivity index (χ2n) is 5.09. The minimum atomic E-state index is -0.544. The van der Waals surface area contributed by atoms with E-state index >= 15 is 0 Å². The molecule has 0 aliphatic carbocycles. The van der Waals surface area contributed by atoms with Crippen molar-refractivity contribution in [2.24, 2.45) is 5.73 Å². The fraction of sp³-hybridized carbons (Fsp3) is 0.462. The molecule has 0 aromatic carbocycles.